The van der Waals surface area contributed by atoms with Crippen LogP contribution in [0.1, 0.15) is 17.2 Å². The van der Waals surface area contributed by atoms with Gasteiger partial charge in [0.15, 0.2) is 0 Å². The number of ether oxygens (including phenoxy) is 1. The fraction of sp³-hybridized carbons (Fsp3) is 0.364. The van der Waals surface area contributed by atoms with Crippen LogP contribution < -0.4 is 5.32 Å². The summed E-state index contributed by atoms with van der Waals surface area (Å²) in [6.45, 7) is 0. The quantitative estimate of drug-likeness (QED) is 0.722. The Balaban J connectivity index is 2.13. The number of fused-ring (bicyclic) bond motifs is 1. The molecule has 4 nitrogen and oxygen atoms in total. The summed E-state index contributed by atoms with van der Waals surface area (Å²) in [4.78, 5) is 11.0. The van der Waals surface area contributed by atoms with Gasteiger partial charge >= 0.3 is 6.09 Å². The minimum absolute atomic E-state index is 0.283. The van der Waals surface area contributed by atoms with Gasteiger partial charge in [0.1, 0.15) is 0 Å². The van der Waals surface area contributed by atoms with Crippen molar-refractivity contribution in [3.05, 3.63) is 35.4 Å². The van der Waals surface area contributed by atoms with E-state index in [1.54, 1.807) is 0 Å². The van der Waals surface area contributed by atoms with E-state index >= 15 is 0 Å². The number of carbonyl (C=O) groups excluding carboxylic acids is 1. The summed E-state index contributed by atoms with van der Waals surface area (Å²) in [5, 5.41) is 12.5. The number of nitrogens with one attached hydrogen (secondary N) is 1. The van der Waals surface area contributed by atoms with Crippen molar-refractivity contribution < 1.29 is 14.6 Å². The molecule has 2 atom stereocenters. The van der Waals surface area contributed by atoms with E-state index in [1.807, 2.05) is 24.3 Å². The first-order valence-electron chi connectivity index (χ1n) is 4.82. The third-order valence-electron chi connectivity index (χ3n) is 2.68. The zero-order valence-corrected chi connectivity index (χ0v) is 8.43. The number of alkyl carbamates (subject to hydrolysis) is 1. The largest absolute Gasteiger partial charge is 0.453 e. The lowest BCUT2D eigenvalue weighted by Crippen LogP contribution is -2.37. The van der Waals surface area contributed by atoms with Gasteiger partial charge in [-0.2, -0.15) is 0 Å². The van der Waals surface area contributed by atoms with E-state index in [2.05, 4.69) is 10.1 Å². The monoisotopic (exact) mass is 207 g/mol. The molecule has 0 saturated carbocycles. The zero-order chi connectivity index (χ0) is 10.8. The molecule has 1 amide bonds. The molecule has 1 aliphatic rings. The number of carbonyl (C=O) groups is 1. The van der Waals surface area contributed by atoms with Crippen molar-refractivity contribution in [1.82, 2.24) is 5.32 Å². The maximum Gasteiger partial charge on any atom is 0.407 e. The van der Waals surface area contributed by atoms with Crippen molar-refractivity contribution in [2.75, 3.05) is 7.11 Å². The first kappa shape index (κ1) is 9.98. The number of hydrogen-bond acceptors (Lipinski definition) is 3. The Kier molecular flexibility index (Phi) is 2.60. The molecule has 2 N–H and O–H groups in total. The summed E-state index contributed by atoms with van der Waals surface area (Å²) < 4.78 is 4.50. The molecule has 0 unspecified atom stereocenters. The number of aliphatic hydroxyl groups excluding tert-OH is 1. The molecule has 0 aliphatic heterocycles. The molecule has 0 saturated heterocycles. The van der Waals surface area contributed by atoms with Crippen LogP contribution in [0, 0.1) is 0 Å². The highest BCUT2D eigenvalue weighted by molar-refractivity contribution is 5.67. The first-order chi connectivity index (χ1) is 7.22. The summed E-state index contributed by atoms with van der Waals surface area (Å²) in [6, 6.07) is 7.35. The van der Waals surface area contributed by atoms with Crippen LogP contribution in [0.25, 0.3) is 0 Å². The smallest absolute Gasteiger partial charge is 0.407 e. The van der Waals surface area contributed by atoms with Crippen molar-refractivity contribution in [3.63, 3.8) is 0 Å². The minimum atomic E-state index is -0.639. The predicted molar refractivity (Wildman–Crippen MR) is 54.4 cm³/mol. The predicted octanol–water partition coefficient (Wildman–Crippen LogP) is 1.00. The topological polar surface area (TPSA) is 58.6 Å². The number of rotatable bonds is 1. The van der Waals surface area contributed by atoms with Gasteiger partial charge in [-0.25, -0.2) is 4.79 Å². The summed E-state index contributed by atoms with van der Waals surface area (Å²) in [7, 11) is 1.31. The summed E-state index contributed by atoms with van der Waals surface area (Å²) in [5.74, 6) is 0. The number of hydrogen-bond donors (Lipinski definition) is 2. The van der Waals surface area contributed by atoms with Crippen molar-refractivity contribution in [2.45, 2.75) is 18.6 Å². The molecule has 1 aliphatic carbocycles. The molecule has 4 heteroatoms. The third-order valence-corrected chi connectivity index (χ3v) is 2.68. The molecule has 0 aromatic heterocycles. The van der Waals surface area contributed by atoms with E-state index in [4.69, 9.17) is 0 Å². The summed E-state index contributed by atoms with van der Waals surface area (Å²) in [5.41, 5.74) is 1.96. The Labute approximate surface area is 87.9 Å². The highest BCUT2D eigenvalue weighted by Gasteiger charge is 2.31. The van der Waals surface area contributed by atoms with Crippen LogP contribution in [0.3, 0.4) is 0 Å². The van der Waals surface area contributed by atoms with E-state index in [0.29, 0.717) is 6.42 Å². The van der Waals surface area contributed by atoms with E-state index in [0.717, 1.165) is 11.1 Å². The second-order valence-corrected chi connectivity index (χ2v) is 3.59. The average Bonchev–Trinajstić information content (AvgIpc) is 2.57. The Morgan fingerprint density at radius 2 is 2.27 bits per heavy atom. The molecule has 80 valence electrons. The van der Waals surface area contributed by atoms with Gasteiger partial charge in [0.05, 0.1) is 19.3 Å². The van der Waals surface area contributed by atoms with Gasteiger partial charge in [0.2, 0.25) is 0 Å². The summed E-state index contributed by atoms with van der Waals surface area (Å²) in [6.07, 6.45) is -0.501. The van der Waals surface area contributed by atoms with Gasteiger partial charge in [-0.15, -0.1) is 0 Å². The van der Waals surface area contributed by atoms with E-state index in [-0.39, 0.29) is 6.04 Å². The van der Waals surface area contributed by atoms with E-state index in [9.17, 15) is 9.90 Å². The Hall–Kier alpha value is -1.55. The molecular weight excluding hydrogens is 194 g/mol. The van der Waals surface area contributed by atoms with Crippen LogP contribution >= 0.6 is 0 Å². The van der Waals surface area contributed by atoms with Crippen LogP contribution in [0.5, 0.6) is 0 Å². The number of methoxy groups -OCH3 is 1. The standard InChI is InChI=1S/C11H13NO3/c1-15-11(14)12-9-6-7-4-2-3-5-8(7)10(9)13/h2-5,9-10,13H,6H2,1H3,(H,12,14)/t9-,10-/m0/s1. The molecule has 15 heavy (non-hydrogen) atoms. The molecule has 2 rings (SSSR count). The van der Waals surface area contributed by atoms with Gasteiger partial charge < -0.3 is 15.2 Å². The molecule has 0 radical (unpaired) electrons. The molecular formula is C11H13NO3. The van der Waals surface area contributed by atoms with Crippen molar-refractivity contribution >= 4 is 6.09 Å². The van der Waals surface area contributed by atoms with Crippen LogP contribution in [0.15, 0.2) is 24.3 Å². The van der Waals surface area contributed by atoms with Gasteiger partial charge in [0.25, 0.3) is 0 Å². The van der Waals surface area contributed by atoms with Gasteiger partial charge in [-0.3, -0.25) is 0 Å². The normalized spacial score (nSPS) is 23.3. The SMILES string of the molecule is COC(=O)N[C@H]1Cc2ccccc2[C@@H]1O. The van der Waals surface area contributed by atoms with Gasteiger partial charge in [-0.05, 0) is 17.5 Å². The van der Waals surface area contributed by atoms with Crippen molar-refractivity contribution in [3.8, 4) is 0 Å². The van der Waals surface area contributed by atoms with Crippen LogP contribution in [-0.4, -0.2) is 24.4 Å². The highest BCUT2D eigenvalue weighted by atomic mass is 16.5. The minimum Gasteiger partial charge on any atom is -0.453 e. The highest BCUT2D eigenvalue weighted by Crippen LogP contribution is 2.30. The number of benzene rings is 1. The Morgan fingerprint density at radius 1 is 1.53 bits per heavy atom. The Morgan fingerprint density at radius 3 is 2.93 bits per heavy atom. The van der Waals surface area contributed by atoms with Crippen LogP contribution in [-0.2, 0) is 11.2 Å². The third kappa shape index (κ3) is 1.80. The van der Waals surface area contributed by atoms with Crippen molar-refractivity contribution in [1.29, 1.82) is 0 Å². The van der Waals surface area contributed by atoms with Gasteiger partial charge in [-0.1, -0.05) is 24.3 Å². The van der Waals surface area contributed by atoms with Crippen LogP contribution in [0.4, 0.5) is 4.79 Å². The number of aliphatic hydroxyl groups is 1. The average molecular weight is 207 g/mol. The van der Waals surface area contributed by atoms with Gasteiger partial charge in [0, 0.05) is 0 Å². The molecule has 1 aromatic carbocycles. The lowest BCUT2D eigenvalue weighted by molar-refractivity contribution is 0.124. The molecule has 1 aromatic rings. The fourth-order valence-electron chi connectivity index (χ4n) is 1.91. The second kappa shape index (κ2) is 3.90. The second-order valence-electron chi connectivity index (χ2n) is 3.59. The Bertz CT molecular complexity index is 378. The zero-order valence-electron chi connectivity index (χ0n) is 8.43. The number of amides is 1. The summed E-state index contributed by atoms with van der Waals surface area (Å²) >= 11 is 0. The van der Waals surface area contributed by atoms with Crippen molar-refractivity contribution in [2.24, 2.45) is 0 Å². The maximum absolute atomic E-state index is 11.0. The van der Waals surface area contributed by atoms with E-state index < -0.39 is 12.2 Å². The molecule has 0 heterocycles. The lowest BCUT2D eigenvalue weighted by Gasteiger charge is -2.15. The maximum atomic E-state index is 11.0. The molecule has 0 bridgehead atoms. The lowest BCUT2D eigenvalue weighted by atomic mass is 10.1. The van der Waals surface area contributed by atoms with E-state index in [1.165, 1.54) is 7.11 Å². The molecule has 0 fully saturated rings. The first-order valence-corrected chi connectivity index (χ1v) is 4.82. The fourth-order valence-corrected chi connectivity index (χ4v) is 1.91. The molecule has 0 spiro atoms. The van der Waals surface area contributed by atoms with Crippen LogP contribution in [0.2, 0.25) is 0 Å².